The second kappa shape index (κ2) is 9.05. The third-order valence-corrected chi connectivity index (χ3v) is 4.81. The highest BCUT2D eigenvalue weighted by molar-refractivity contribution is 5.94. The first-order valence-corrected chi connectivity index (χ1v) is 9.08. The van der Waals surface area contributed by atoms with Gasteiger partial charge in [-0.05, 0) is 29.8 Å². The molecule has 3 rings (SSSR count). The number of carbonyl (C=O) groups is 1. The monoisotopic (exact) mass is 432 g/mol. The van der Waals surface area contributed by atoms with E-state index in [0.29, 0.717) is 44.0 Å². The van der Waals surface area contributed by atoms with E-state index in [1.807, 2.05) is 4.90 Å². The van der Waals surface area contributed by atoms with Crippen molar-refractivity contribution in [3.63, 3.8) is 0 Å². The third-order valence-electron chi connectivity index (χ3n) is 4.81. The molecule has 2 aromatic rings. The van der Waals surface area contributed by atoms with Gasteiger partial charge in [0.25, 0.3) is 5.91 Å². The zero-order valence-electron chi connectivity index (χ0n) is 15.6. The van der Waals surface area contributed by atoms with E-state index in [2.05, 4.69) is 5.32 Å². The van der Waals surface area contributed by atoms with Crippen LogP contribution in [0.1, 0.15) is 27.5 Å². The lowest BCUT2D eigenvalue weighted by atomic mass is 10.0. The molecule has 1 amide bonds. The average Bonchev–Trinajstić information content (AvgIpc) is 2.72. The summed E-state index contributed by atoms with van der Waals surface area (Å²) in [4.78, 5) is 14.2. The first kappa shape index (κ1) is 22.1. The lowest BCUT2D eigenvalue weighted by Gasteiger charge is -2.35. The van der Waals surface area contributed by atoms with Gasteiger partial charge < -0.3 is 10.1 Å². The Labute approximate surface area is 168 Å². The highest BCUT2D eigenvalue weighted by Crippen LogP contribution is 2.31. The number of benzene rings is 2. The maximum atomic E-state index is 13.4. The molecule has 1 atom stereocenters. The van der Waals surface area contributed by atoms with Crippen LogP contribution in [0.5, 0.6) is 0 Å². The summed E-state index contributed by atoms with van der Waals surface area (Å²) in [5.74, 6) is -5.50. The number of nitrogens with one attached hydrogen (secondary N) is 1. The Balaban J connectivity index is 1.78. The molecule has 1 heterocycles. The van der Waals surface area contributed by atoms with Crippen LogP contribution in [0, 0.1) is 17.5 Å². The number of halogens is 6. The molecule has 0 saturated carbocycles. The van der Waals surface area contributed by atoms with Gasteiger partial charge in [-0.15, -0.1) is 0 Å². The molecule has 10 heteroatoms. The van der Waals surface area contributed by atoms with Crippen LogP contribution >= 0.6 is 0 Å². The second-order valence-corrected chi connectivity index (χ2v) is 6.75. The minimum absolute atomic E-state index is 0.0369. The molecule has 1 aliphatic rings. The van der Waals surface area contributed by atoms with Crippen LogP contribution in [0.3, 0.4) is 0 Å². The highest BCUT2D eigenvalue weighted by atomic mass is 19.4. The van der Waals surface area contributed by atoms with Gasteiger partial charge in [-0.25, -0.2) is 13.2 Å². The van der Waals surface area contributed by atoms with E-state index in [0.717, 1.165) is 12.1 Å². The quantitative estimate of drug-likeness (QED) is 0.575. The first-order chi connectivity index (χ1) is 14.2. The number of alkyl halides is 3. The first-order valence-electron chi connectivity index (χ1n) is 9.08. The summed E-state index contributed by atoms with van der Waals surface area (Å²) in [6.07, 6.45) is -4.47. The minimum Gasteiger partial charge on any atom is -0.379 e. The van der Waals surface area contributed by atoms with Crippen molar-refractivity contribution in [2.24, 2.45) is 0 Å². The third kappa shape index (κ3) is 5.11. The van der Waals surface area contributed by atoms with Crippen molar-refractivity contribution in [2.75, 3.05) is 32.8 Å². The molecular weight excluding hydrogens is 414 g/mol. The van der Waals surface area contributed by atoms with E-state index < -0.39 is 46.7 Å². The van der Waals surface area contributed by atoms with E-state index in [1.165, 1.54) is 12.1 Å². The number of hydrogen-bond acceptors (Lipinski definition) is 3. The van der Waals surface area contributed by atoms with Crippen molar-refractivity contribution in [2.45, 2.75) is 12.2 Å². The summed E-state index contributed by atoms with van der Waals surface area (Å²) >= 11 is 0. The predicted molar refractivity (Wildman–Crippen MR) is 95.2 cm³/mol. The van der Waals surface area contributed by atoms with Gasteiger partial charge in [0, 0.05) is 25.2 Å². The maximum absolute atomic E-state index is 13.4. The topological polar surface area (TPSA) is 41.6 Å². The Hall–Kier alpha value is -2.59. The molecule has 0 aromatic heterocycles. The van der Waals surface area contributed by atoms with Crippen molar-refractivity contribution >= 4 is 5.91 Å². The minimum atomic E-state index is -4.47. The highest BCUT2D eigenvalue weighted by Gasteiger charge is 2.31. The molecular formula is C20H18F6N2O2. The number of amides is 1. The van der Waals surface area contributed by atoms with Gasteiger partial charge in [0.1, 0.15) is 0 Å². The summed E-state index contributed by atoms with van der Waals surface area (Å²) in [7, 11) is 0. The van der Waals surface area contributed by atoms with Gasteiger partial charge in [-0.3, -0.25) is 9.69 Å². The largest absolute Gasteiger partial charge is 0.416 e. The average molecular weight is 432 g/mol. The molecule has 1 unspecified atom stereocenters. The van der Waals surface area contributed by atoms with Crippen LogP contribution in [0.4, 0.5) is 26.3 Å². The summed E-state index contributed by atoms with van der Waals surface area (Å²) in [5, 5.41) is 2.51. The Morgan fingerprint density at radius 3 is 2.13 bits per heavy atom. The smallest absolute Gasteiger partial charge is 0.379 e. The lowest BCUT2D eigenvalue weighted by Crippen LogP contribution is -2.43. The number of nitrogens with zero attached hydrogens (tertiary/aromatic N) is 1. The second-order valence-electron chi connectivity index (χ2n) is 6.75. The molecule has 162 valence electrons. The number of ether oxygens (including phenoxy) is 1. The number of rotatable bonds is 5. The van der Waals surface area contributed by atoms with Crippen molar-refractivity contribution in [3.8, 4) is 0 Å². The molecule has 0 spiro atoms. The van der Waals surface area contributed by atoms with Crippen molar-refractivity contribution < 1.29 is 35.9 Å². The van der Waals surface area contributed by atoms with E-state index in [9.17, 15) is 31.1 Å². The Kier molecular flexibility index (Phi) is 6.67. The van der Waals surface area contributed by atoms with Gasteiger partial charge in [-0.1, -0.05) is 12.1 Å². The van der Waals surface area contributed by atoms with Crippen molar-refractivity contribution in [1.82, 2.24) is 10.2 Å². The summed E-state index contributed by atoms with van der Waals surface area (Å²) in [6.45, 7) is 1.77. The molecule has 1 saturated heterocycles. The molecule has 2 aromatic carbocycles. The number of hydrogen-bond donors (Lipinski definition) is 1. The van der Waals surface area contributed by atoms with Gasteiger partial charge in [0.15, 0.2) is 17.5 Å². The van der Waals surface area contributed by atoms with E-state index in [1.54, 1.807) is 0 Å². The summed E-state index contributed by atoms with van der Waals surface area (Å²) in [5.41, 5.74) is -0.672. The van der Waals surface area contributed by atoms with Crippen molar-refractivity contribution in [3.05, 3.63) is 70.5 Å². The molecule has 0 bridgehead atoms. The Bertz CT molecular complexity index is 872. The van der Waals surface area contributed by atoms with Gasteiger partial charge in [0.2, 0.25) is 0 Å². The molecule has 0 radical (unpaired) electrons. The number of carbonyl (C=O) groups excluding carboxylic acids is 1. The molecule has 0 aliphatic carbocycles. The molecule has 4 nitrogen and oxygen atoms in total. The van der Waals surface area contributed by atoms with Crippen LogP contribution in [0.25, 0.3) is 0 Å². The van der Waals surface area contributed by atoms with Crippen LogP contribution < -0.4 is 5.32 Å². The molecule has 1 fully saturated rings. The van der Waals surface area contributed by atoms with Crippen LogP contribution in [0.2, 0.25) is 0 Å². The predicted octanol–water partition coefficient (Wildman–Crippen LogP) is 3.93. The maximum Gasteiger partial charge on any atom is 0.416 e. The summed E-state index contributed by atoms with van der Waals surface area (Å²) < 4.78 is 83.7. The molecule has 1 N–H and O–H groups in total. The van der Waals surface area contributed by atoms with Gasteiger partial charge in [-0.2, -0.15) is 13.2 Å². The van der Waals surface area contributed by atoms with Crippen LogP contribution in [0.15, 0.2) is 36.4 Å². The van der Waals surface area contributed by atoms with Crippen LogP contribution in [-0.2, 0) is 10.9 Å². The Morgan fingerprint density at radius 2 is 1.60 bits per heavy atom. The molecule has 30 heavy (non-hydrogen) atoms. The van der Waals surface area contributed by atoms with E-state index in [-0.39, 0.29) is 6.54 Å². The van der Waals surface area contributed by atoms with Gasteiger partial charge >= 0.3 is 6.18 Å². The molecule has 1 aliphatic heterocycles. The Morgan fingerprint density at radius 1 is 1.03 bits per heavy atom. The fraction of sp³-hybridized carbons (Fsp3) is 0.350. The summed E-state index contributed by atoms with van der Waals surface area (Å²) in [6, 6.07) is 5.23. The standard InChI is InChI=1S/C20H18F6N2O2/c21-15-9-13(10-16(22)18(15)23)19(29)27-11-17(28-5-7-30-8-6-28)12-1-3-14(4-2-12)20(24,25)26/h1-4,9-10,17H,5-8,11H2,(H,27,29). The zero-order valence-corrected chi connectivity index (χ0v) is 15.6. The van der Waals surface area contributed by atoms with Crippen LogP contribution in [-0.4, -0.2) is 43.7 Å². The fourth-order valence-electron chi connectivity index (χ4n) is 3.22. The fourth-order valence-corrected chi connectivity index (χ4v) is 3.22. The van der Waals surface area contributed by atoms with Gasteiger partial charge in [0.05, 0.1) is 24.8 Å². The van der Waals surface area contributed by atoms with E-state index >= 15 is 0 Å². The lowest BCUT2D eigenvalue weighted by molar-refractivity contribution is -0.137. The number of morpholine rings is 1. The normalized spacial score (nSPS) is 16.3. The zero-order chi connectivity index (χ0) is 21.9. The van der Waals surface area contributed by atoms with E-state index in [4.69, 9.17) is 4.74 Å². The van der Waals surface area contributed by atoms with Crippen molar-refractivity contribution in [1.29, 1.82) is 0 Å². The SMILES string of the molecule is O=C(NCC(c1ccc(C(F)(F)F)cc1)N1CCOCC1)c1cc(F)c(F)c(F)c1.